The number of benzene rings is 2. The van der Waals surface area contributed by atoms with E-state index < -0.39 is 21.6 Å². The summed E-state index contributed by atoms with van der Waals surface area (Å²) in [6.07, 6.45) is 0.203. The molecule has 0 heterocycles. The Bertz CT molecular complexity index is 992. The van der Waals surface area contributed by atoms with Gasteiger partial charge in [-0.15, -0.1) is 5.92 Å². The Morgan fingerprint density at radius 1 is 1.17 bits per heavy atom. The molecule has 0 aromatic heterocycles. The van der Waals surface area contributed by atoms with Gasteiger partial charge in [-0.05, 0) is 48.9 Å². The molecule has 0 spiro atoms. The van der Waals surface area contributed by atoms with Crippen LogP contribution in [0.2, 0.25) is 0 Å². The molecule has 0 radical (unpaired) electrons. The van der Waals surface area contributed by atoms with Crippen molar-refractivity contribution in [2.24, 2.45) is 0 Å². The first-order valence-electron chi connectivity index (χ1n) is 8.83. The fourth-order valence-corrected chi connectivity index (χ4v) is 4.15. The third kappa shape index (κ3) is 5.98. The van der Waals surface area contributed by atoms with Crippen LogP contribution in [0.15, 0.2) is 53.4 Å². The van der Waals surface area contributed by atoms with Gasteiger partial charge in [-0.1, -0.05) is 18.1 Å². The molecule has 0 saturated heterocycles. The highest BCUT2D eigenvalue weighted by molar-refractivity contribution is 7.91. The molecule has 2 rings (SSSR count). The van der Waals surface area contributed by atoms with E-state index in [4.69, 9.17) is 4.74 Å². The fraction of sp³-hybridized carbons (Fsp3) is 0.286. The van der Waals surface area contributed by atoms with Crippen LogP contribution in [-0.4, -0.2) is 51.6 Å². The van der Waals surface area contributed by atoms with Crippen molar-refractivity contribution < 1.29 is 23.2 Å². The molecule has 2 aromatic rings. The number of carbonyl (C=O) groups excluding carboxylic acids is 1. The number of hydrogen-bond donors (Lipinski definition) is 1. The van der Waals surface area contributed by atoms with E-state index in [2.05, 4.69) is 11.8 Å². The highest BCUT2D eigenvalue weighted by atomic mass is 32.2. The molecule has 0 bridgehead atoms. The Morgan fingerprint density at radius 3 is 2.45 bits per heavy atom. The summed E-state index contributed by atoms with van der Waals surface area (Å²) in [5.41, 5.74) is 1.33. The zero-order valence-corrected chi connectivity index (χ0v) is 17.4. The average Bonchev–Trinajstić information content (AvgIpc) is 2.72. The monoisotopic (exact) mass is 416 g/mol. The number of nitrogens with zero attached hydrogens (tertiary/aromatic N) is 2. The van der Waals surface area contributed by atoms with E-state index in [1.54, 1.807) is 37.3 Å². The van der Waals surface area contributed by atoms with Crippen molar-refractivity contribution in [3.8, 4) is 17.6 Å². The lowest BCUT2D eigenvalue weighted by molar-refractivity contribution is -0.158. The number of hydroxylamine groups is 2. The molecule has 7 nitrogen and oxygen atoms in total. The first-order chi connectivity index (χ1) is 13.8. The molecular formula is C21H24N2O5S. The zero-order valence-electron chi connectivity index (χ0n) is 16.6. The van der Waals surface area contributed by atoms with Crippen molar-refractivity contribution in [1.82, 2.24) is 5.06 Å². The lowest BCUT2D eigenvalue weighted by Gasteiger charge is -2.24. The second kappa shape index (κ2) is 9.96. The average molecular weight is 416 g/mol. The van der Waals surface area contributed by atoms with Crippen molar-refractivity contribution in [1.29, 1.82) is 0 Å². The van der Waals surface area contributed by atoms with E-state index in [1.807, 2.05) is 25.1 Å². The second-order valence-electron chi connectivity index (χ2n) is 6.46. The molecular weight excluding hydrogens is 392 g/mol. The van der Waals surface area contributed by atoms with Crippen molar-refractivity contribution in [2.45, 2.75) is 17.9 Å². The number of hydrogen-bond acceptors (Lipinski definition) is 6. The number of anilines is 1. The Morgan fingerprint density at radius 2 is 1.86 bits per heavy atom. The number of sulfone groups is 1. The SMILES string of the molecule is CC#CCOc1ccc(S(=O)(=O)CC(c2cccc(N(C)C)c2)N(O)C=O)cc1. The van der Waals surface area contributed by atoms with Gasteiger partial charge in [-0.3, -0.25) is 10.0 Å². The maximum Gasteiger partial charge on any atom is 0.233 e. The van der Waals surface area contributed by atoms with E-state index in [9.17, 15) is 18.4 Å². The summed E-state index contributed by atoms with van der Waals surface area (Å²) >= 11 is 0. The molecule has 1 N–H and O–H groups in total. The standard InChI is InChI=1S/C21H24N2O5S/c1-4-5-13-28-19-9-11-20(12-10-19)29(26,27)15-21(23(25)16-24)17-7-6-8-18(14-17)22(2)3/h6-12,14,16,21,25H,13,15H2,1-3H3. The first kappa shape index (κ1) is 22.3. The Kier molecular flexibility index (Phi) is 7.65. The van der Waals surface area contributed by atoms with Crippen molar-refractivity contribution >= 4 is 21.9 Å². The molecule has 29 heavy (non-hydrogen) atoms. The Balaban J connectivity index is 2.28. The quantitative estimate of drug-likeness (QED) is 0.293. The fourth-order valence-electron chi connectivity index (χ4n) is 2.65. The van der Waals surface area contributed by atoms with Crippen LogP contribution in [0.4, 0.5) is 5.69 Å². The smallest absolute Gasteiger partial charge is 0.233 e. The molecule has 0 fully saturated rings. The summed E-state index contributed by atoms with van der Waals surface area (Å²) in [5.74, 6) is 5.49. The third-order valence-corrected chi connectivity index (χ3v) is 5.99. The number of carbonyl (C=O) groups is 1. The van der Waals surface area contributed by atoms with Crippen LogP contribution in [0.25, 0.3) is 0 Å². The minimum Gasteiger partial charge on any atom is -0.481 e. The third-order valence-electron chi connectivity index (χ3n) is 4.25. The molecule has 0 aliphatic carbocycles. The van der Waals surface area contributed by atoms with Gasteiger partial charge < -0.3 is 9.64 Å². The van der Waals surface area contributed by atoms with Gasteiger partial charge in [0.05, 0.1) is 16.7 Å². The van der Waals surface area contributed by atoms with Gasteiger partial charge in [0.15, 0.2) is 9.84 Å². The molecule has 1 amide bonds. The second-order valence-corrected chi connectivity index (χ2v) is 8.49. The van der Waals surface area contributed by atoms with Crippen LogP contribution in [0.1, 0.15) is 18.5 Å². The van der Waals surface area contributed by atoms with Crippen molar-refractivity contribution in [2.75, 3.05) is 31.4 Å². The van der Waals surface area contributed by atoms with Crippen LogP contribution >= 0.6 is 0 Å². The summed E-state index contributed by atoms with van der Waals surface area (Å²) in [7, 11) is -0.107. The lowest BCUT2D eigenvalue weighted by Crippen LogP contribution is -2.30. The first-order valence-corrected chi connectivity index (χ1v) is 10.5. The Hall–Kier alpha value is -3.02. The zero-order chi connectivity index (χ0) is 21.4. The van der Waals surface area contributed by atoms with Crippen LogP contribution in [0, 0.1) is 11.8 Å². The van der Waals surface area contributed by atoms with Crippen LogP contribution in [0.3, 0.4) is 0 Å². The van der Waals surface area contributed by atoms with Gasteiger partial charge in [0.1, 0.15) is 12.4 Å². The normalized spacial score (nSPS) is 11.7. The molecule has 8 heteroatoms. The molecule has 2 aromatic carbocycles. The number of rotatable bonds is 9. The van der Waals surface area contributed by atoms with Crippen LogP contribution in [0.5, 0.6) is 5.75 Å². The maximum absolute atomic E-state index is 12.9. The Labute approximate surface area is 171 Å². The van der Waals surface area contributed by atoms with E-state index in [1.165, 1.54) is 12.1 Å². The van der Waals surface area contributed by atoms with Gasteiger partial charge in [-0.25, -0.2) is 13.5 Å². The summed E-state index contributed by atoms with van der Waals surface area (Å²) in [4.78, 5) is 13.1. The van der Waals surface area contributed by atoms with Crippen LogP contribution in [-0.2, 0) is 14.6 Å². The lowest BCUT2D eigenvalue weighted by atomic mass is 10.1. The van der Waals surface area contributed by atoms with Gasteiger partial charge in [-0.2, -0.15) is 0 Å². The van der Waals surface area contributed by atoms with Gasteiger partial charge in [0, 0.05) is 19.8 Å². The predicted molar refractivity (Wildman–Crippen MR) is 111 cm³/mol. The topological polar surface area (TPSA) is 87.2 Å². The summed E-state index contributed by atoms with van der Waals surface area (Å²) in [6, 6.07) is 11.9. The highest BCUT2D eigenvalue weighted by Crippen LogP contribution is 2.27. The molecule has 0 aliphatic heterocycles. The number of amides is 1. The van der Waals surface area contributed by atoms with Crippen molar-refractivity contribution in [3.63, 3.8) is 0 Å². The predicted octanol–water partition coefficient (Wildman–Crippen LogP) is 2.52. The van der Waals surface area contributed by atoms with Gasteiger partial charge >= 0.3 is 0 Å². The van der Waals surface area contributed by atoms with E-state index in [0.29, 0.717) is 16.4 Å². The van der Waals surface area contributed by atoms with Crippen LogP contribution < -0.4 is 9.64 Å². The van der Waals surface area contributed by atoms with Gasteiger partial charge in [0.2, 0.25) is 6.41 Å². The maximum atomic E-state index is 12.9. The molecule has 0 saturated carbocycles. The van der Waals surface area contributed by atoms with E-state index in [-0.39, 0.29) is 17.9 Å². The number of ether oxygens (including phenoxy) is 1. The molecule has 1 atom stereocenters. The molecule has 1 unspecified atom stereocenters. The van der Waals surface area contributed by atoms with Gasteiger partial charge in [0.25, 0.3) is 0 Å². The molecule has 154 valence electrons. The van der Waals surface area contributed by atoms with Crippen molar-refractivity contribution in [3.05, 3.63) is 54.1 Å². The summed E-state index contributed by atoms with van der Waals surface area (Å²) < 4.78 is 31.2. The summed E-state index contributed by atoms with van der Waals surface area (Å²) in [5, 5.41) is 10.4. The van der Waals surface area contributed by atoms with E-state index in [0.717, 1.165) is 5.69 Å². The van der Waals surface area contributed by atoms with E-state index >= 15 is 0 Å². The summed E-state index contributed by atoms with van der Waals surface area (Å²) in [6.45, 7) is 1.92. The highest BCUT2D eigenvalue weighted by Gasteiger charge is 2.27. The largest absolute Gasteiger partial charge is 0.481 e. The minimum atomic E-state index is -3.80. The minimum absolute atomic E-state index is 0.0690. The molecule has 0 aliphatic rings.